The third-order valence-electron chi connectivity index (χ3n) is 2.57. The normalized spacial score (nSPS) is 12.4. The first-order valence-corrected chi connectivity index (χ1v) is 6.69. The summed E-state index contributed by atoms with van der Waals surface area (Å²) < 4.78 is 0. The molecule has 1 N–H and O–H groups in total. The highest BCUT2D eigenvalue weighted by atomic mass is 32.2. The molecule has 0 aliphatic carbocycles. The molecular formula is C13H18O2S. The van der Waals surface area contributed by atoms with Gasteiger partial charge in [0.2, 0.25) is 0 Å². The molecule has 88 valence electrons. The lowest BCUT2D eigenvalue weighted by Crippen LogP contribution is -1.97. The lowest BCUT2D eigenvalue weighted by atomic mass is 10.1. The molecule has 1 unspecified atom stereocenters. The van der Waals surface area contributed by atoms with Gasteiger partial charge in [-0.25, -0.2) is 4.79 Å². The molecule has 1 aromatic rings. The van der Waals surface area contributed by atoms with Crippen molar-refractivity contribution in [2.75, 3.05) is 5.75 Å². The average Bonchev–Trinajstić information content (AvgIpc) is 2.29. The number of carboxylic acid groups (broad SMARTS) is 1. The van der Waals surface area contributed by atoms with Gasteiger partial charge in [0.1, 0.15) is 0 Å². The quantitative estimate of drug-likeness (QED) is 0.821. The number of rotatable bonds is 6. The fourth-order valence-corrected chi connectivity index (χ4v) is 2.42. The zero-order valence-electron chi connectivity index (χ0n) is 9.77. The van der Waals surface area contributed by atoms with Gasteiger partial charge in [0.25, 0.3) is 0 Å². The Labute approximate surface area is 101 Å². The molecule has 0 saturated carbocycles. The summed E-state index contributed by atoms with van der Waals surface area (Å²) in [7, 11) is 0. The van der Waals surface area contributed by atoms with E-state index in [1.54, 1.807) is 12.1 Å². The molecule has 0 heterocycles. The van der Waals surface area contributed by atoms with Gasteiger partial charge >= 0.3 is 5.97 Å². The molecule has 0 saturated heterocycles. The van der Waals surface area contributed by atoms with E-state index in [1.807, 2.05) is 23.9 Å². The molecule has 0 aliphatic heterocycles. The number of carbonyl (C=O) groups is 1. The van der Waals surface area contributed by atoms with Gasteiger partial charge in [-0.05, 0) is 29.4 Å². The van der Waals surface area contributed by atoms with Crippen LogP contribution >= 0.6 is 11.8 Å². The van der Waals surface area contributed by atoms with Gasteiger partial charge in [-0.2, -0.15) is 11.8 Å². The maximum absolute atomic E-state index is 10.6. The SMILES string of the molecule is CCC(C)CSCc1ccc(C(=O)O)cc1. The summed E-state index contributed by atoms with van der Waals surface area (Å²) in [6.07, 6.45) is 1.21. The number of hydrogen-bond donors (Lipinski definition) is 1. The zero-order valence-corrected chi connectivity index (χ0v) is 10.6. The number of carboxylic acids is 1. The summed E-state index contributed by atoms with van der Waals surface area (Å²) >= 11 is 1.91. The molecule has 16 heavy (non-hydrogen) atoms. The number of thioether (sulfide) groups is 1. The van der Waals surface area contributed by atoms with Crippen LogP contribution in [0.4, 0.5) is 0 Å². The highest BCUT2D eigenvalue weighted by Crippen LogP contribution is 2.17. The molecular weight excluding hydrogens is 220 g/mol. The van der Waals surface area contributed by atoms with Gasteiger partial charge in [-0.1, -0.05) is 32.4 Å². The zero-order chi connectivity index (χ0) is 12.0. The largest absolute Gasteiger partial charge is 0.478 e. The van der Waals surface area contributed by atoms with Crippen molar-refractivity contribution in [3.63, 3.8) is 0 Å². The van der Waals surface area contributed by atoms with E-state index in [1.165, 1.54) is 12.0 Å². The van der Waals surface area contributed by atoms with Crippen molar-refractivity contribution in [1.29, 1.82) is 0 Å². The van der Waals surface area contributed by atoms with Gasteiger partial charge in [0, 0.05) is 5.75 Å². The van der Waals surface area contributed by atoms with Crippen LogP contribution in [0.1, 0.15) is 36.2 Å². The second kappa shape index (κ2) is 6.59. The molecule has 2 nitrogen and oxygen atoms in total. The van der Waals surface area contributed by atoms with Gasteiger partial charge < -0.3 is 5.11 Å². The van der Waals surface area contributed by atoms with Gasteiger partial charge in [-0.15, -0.1) is 0 Å². The first-order valence-electron chi connectivity index (χ1n) is 5.53. The number of benzene rings is 1. The van der Waals surface area contributed by atoms with Crippen molar-refractivity contribution in [2.45, 2.75) is 26.0 Å². The van der Waals surface area contributed by atoms with E-state index in [-0.39, 0.29) is 0 Å². The summed E-state index contributed by atoms with van der Waals surface area (Å²) in [4.78, 5) is 10.6. The van der Waals surface area contributed by atoms with E-state index in [4.69, 9.17) is 5.11 Å². The third kappa shape index (κ3) is 4.27. The highest BCUT2D eigenvalue weighted by molar-refractivity contribution is 7.98. The predicted molar refractivity (Wildman–Crippen MR) is 69.0 cm³/mol. The minimum atomic E-state index is -0.862. The predicted octanol–water partition coefficient (Wildman–Crippen LogP) is 3.66. The van der Waals surface area contributed by atoms with Crippen molar-refractivity contribution >= 4 is 17.7 Å². The molecule has 0 spiro atoms. The third-order valence-corrected chi connectivity index (χ3v) is 3.91. The van der Waals surface area contributed by atoms with Crippen molar-refractivity contribution in [3.8, 4) is 0 Å². The van der Waals surface area contributed by atoms with Crippen LogP contribution < -0.4 is 0 Å². The molecule has 0 radical (unpaired) electrons. The minimum Gasteiger partial charge on any atom is -0.478 e. The molecule has 0 amide bonds. The van der Waals surface area contributed by atoms with Crippen LogP contribution in [-0.4, -0.2) is 16.8 Å². The van der Waals surface area contributed by atoms with E-state index in [2.05, 4.69) is 13.8 Å². The smallest absolute Gasteiger partial charge is 0.335 e. The second-order valence-corrected chi connectivity index (χ2v) is 5.06. The van der Waals surface area contributed by atoms with Crippen LogP contribution in [0.25, 0.3) is 0 Å². The van der Waals surface area contributed by atoms with E-state index in [9.17, 15) is 4.79 Å². The Bertz CT molecular complexity index is 332. The van der Waals surface area contributed by atoms with Gasteiger partial charge in [-0.3, -0.25) is 0 Å². The first-order chi connectivity index (χ1) is 7.63. The molecule has 0 aliphatic rings. The van der Waals surface area contributed by atoms with E-state index < -0.39 is 5.97 Å². The van der Waals surface area contributed by atoms with E-state index in [0.29, 0.717) is 5.56 Å². The molecule has 1 aromatic carbocycles. The Balaban J connectivity index is 2.40. The van der Waals surface area contributed by atoms with Crippen LogP contribution in [-0.2, 0) is 5.75 Å². The summed E-state index contributed by atoms with van der Waals surface area (Å²) in [5.41, 5.74) is 1.55. The summed E-state index contributed by atoms with van der Waals surface area (Å²) in [5.74, 6) is 2.02. The topological polar surface area (TPSA) is 37.3 Å². The fraction of sp³-hybridized carbons (Fsp3) is 0.462. The Hall–Kier alpha value is -0.960. The Kier molecular flexibility index (Phi) is 5.39. The Morgan fingerprint density at radius 2 is 2.00 bits per heavy atom. The van der Waals surface area contributed by atoms with Crippen LogP contribution in [0.3, 0.4) is 0 Å². The fourth-order valence-electron chi connectivity index (χ4n) is 1.24. The van der Waals surface area contributed by atoms with Crippen LogP contribution in [0.15, 0.2) is 24.3 Å². The Morgan fingerprint density at radius 1 is 1.38 bits per heavy atom. The standard InChI is InChI=1S/C13H18O2S/c1-3-10(2)8-16-9-11-4-6-12(7-5-11)13(14)15/h4-7,10H,3,8-9H2,1-2H3,(H,14,15). The molecule has 1 atom stereocenters. The van der Waals surface area contributed by atoms with Crippen molar-refractivity contribution in [2.24, 2.45) is 5.92 Å². The highest BCUT2D eigenvalue weighted by Gasteiger charge is 2.02. The van der Waals surface area contributed by atoms with Gasteiger partial charge in [0.05, 0.1) is 5.56 Å². The van der Waals surface area contributed by atoms with Crippen molar-refractivity contribution in [3.05, 3.63) is 35.4 Å². The second-order valence-electron chi connectivity index (χ2n) is 4.03. The minimum absolute atomic E-state index is 0.357. The summed E-state index contributed by atoms with van der Waals surface area (Å²) in [6, 6.07) is 7.13. The van der Waals surface area contributed by atoms with E-state index >= 15 is 0 Å². The summed E-state index contributed by atoms with van der Waals surface area (Å²) in [5, 5.41) is 8.75. The number of hydrogen-bond acceptors (Lipinski definition) is 2. The first kappa shape index (κ1) is 13.1. The number of aromatic carboxylic acids is 1. The van der Waals surface area contributed by atoms with Crippen molar-refractivity contribution in [1.82, 2.24) is 0 Å². The maximum Gasteiger partial charge on any atom is 0.335 e. The lowest BCUT2D eigenvalue weighted by Gasteiger charge is -2.07. The maximum atomic E-state index is 10.6. The Morgan fingerprint density at radius 3 is 2.50 bits per heavy atom. The average molecular weight is 238 g/mol. The summed E-state index contributed by atoms with van der Waals surface area (Å²) in [6.45, 7) is 4.45. The lowest BCUT2D eigenvalue weighted by molar-refractivity contribution is 0.0697. The van der Waals surface area contributed by atoms with Gasteiger partial charge in [0.15, 0.2) is 0 Å². The van der Waals surface area contributed by atoms with Crippen molar-refractivity contribution < 1.29 is 9.90 Å². The molecule has 3 heteroatoms. The molecule has 0 bridgehead atoms. The van der Waals surface area contributed by atoms with Crippen LogP contribution in [0, 0.1) is 5.92 Å². The molecule has 0 aromatic heterocycles. The van der Waals surface area contributed by atoms with Crippen LogP contribution in [0.2, 0.25) is 0 Å². The van der Waals surface area contributed by atoms with Crippen LogP contribution in [0.5, 0.6) is 0 Å². The monoisotopic (exact) mass is 238 g/mol. The molecule has 1 rings (SSSR count). The molecule has 0 fully saturated rings. The van der Waals surface area contributed by atoms with E-state index in [0.717, 1.165) is 17.4 Å².